The lowest BCUT2D eigenvalue weighted by molar-refractivity contribution is -0.130. The molecule has 1 aromatic carbocycles. The van der Waals surface area contributed by atoms with Crippen LogP contribution >= 0.6 is 0 Å². The molecule has 2 fully saturated rings. The second-order valence-corrected chi connectivity index (χ2v) is 7.56. The van der Waals surface area contributed by atoms with E-state index in [4.69, 9.17) is 4.52 Å². The molecule has 3 heterocycles. The SMILES string of the molecule is Cc1ccc(-c2noc(CCNC(=O)[C@]34CNC[C@H]3CN(C)C4)n2)cc1. The number of hydrogen-bond acceptors (Lipinski definition) is 6. The van der Waals surface area contributed by atoms with E-state index in [2.05, 4.69) is 32.7 Å². The number of carbonyl (C=O) groups excluding carboxylic acids is 1. The molecule has 7 nitrogen and oxygen atoms in total. The van der Waals surface area contributed by atoms with Crippen LogP contribution in [-0.2, 0) is 11.2 Å². The molecule has 26 heavy (non-hydrogen) atoms. The highest BCUT2D eigenvalue weighted by Crippen LogP contribution is 2.38. The van der Waals surface area contributed by atoms with Gasteiger partial charge in [0, 0.05) is 50.6 Å². The Hall–Kier alpha value is -2.25. The monoisotopic (exact) mass is 355 g/mol. The van der Waals surface area contributed by atoms with E-state index in [1.807, 2.05) is 31.2 Å². The standard InChI is InChI=1S/C19H25N5O2/c1-13-3-5-14(6-4-13)17-22-16(26-23-17)7-8-21-18(25)19-11-20-9-15(19)10-24(2)12-19/h3-6,15,20H,7-12H2,1-2H3,(H,21,25)/t15-,19-/m0/s1. The van der Waals surface area contributed by atoms with Crippen LogP contribution in [0, 0.1) is 18.3 Å². The van der Waals surface area contributed by atoms with Crippen LogP contribution < -0.4 is 10.6 Å². The summed E-state index contributed by atoms with van der Waals surface area (Å²) in [5.41, 5.74) is 1.83. The number of benzene rings is 1. The topological polar surface area (TPSA) is 83.3 Å². The Morgan fingerprint density at radius 2 is 2.23 bits per heavy atom. The molecule has 2 saturated heterocycles. The van der Waals surface area contributed by atoms with Gasteiger partial charge in [-0.3, -0.25) is 4.79 Å². The van der Waals surface area contributed by atoms with Gasteiger partial charge < -0.3 is 20.1 Å². The fourth-order valence-corrected chi connectivity index (χ4v) is 4.13. The minimum atomic E-state index is -0.295. The van der Waals surface area contributed by atoms with Crippen LogP contribution in [-0.4, -0.2) is 60.7 Å². The van der Waals surface area contributed by atoms with Gasteiger partial charge in [-0.25, -0.2) is 0 Å². The van der Waals surface area contributed by atoms with Gasteiger partial charge in [-0.2, -0.15) is 4.98 Å². The molecule has 1 amide bonds. The van der Waals surface area contributed by atoms with Crippen LogP contribution in [0.5, 0.6) is 0 Å². The normalized spacial score (nSPS) is 25.4. The highest BCUT2D eigenvalue weighted by atomic mass is 16.5. The van der Waals surface area contributed by atoms with Crippen molar-refractivity contribution in [2.75, 3.05) is 39.8 Å². The van der Waals surface area contributed by atoms with E-state index in [1.54, 1.807) is 0 Å². The summed E-state index contributed by atoms with van der Waals surface area (Å²) in [4.78, 5) is 19.5. The van der Waals surface area contributed by atoms with Gasteiger partial charge in [0.25, 0.3) is 0 Å². The van der Waals surface area contributed by atoms with Gasteiger partial charge in [-0.15, -0.1) is 0 Å². The third kappa shape index (κ3) is 3.12. The van der Waals surface area contributed by atoms with Gasteiger partial charge in [-0.05, 0) is 14.0 Å². The zero-order valence-electron chi connectivity index (χ0n) is 15.3. The molecule has 138 valence electrons. The molecule has 0 spiro atoms. The zero-order chi connectivity index (χ0) is 18.1. The van der Waals surface area contributed by atoms with E-state index in [0.29, 0.717) is 30.6 Å². The second kappa shape index (κ2) is 6.81. The van der Waals surface area contributed by atoms with Crippen molar-refractivity contribution in [1.29, 1.82) is 0 Å². The summed E-state index contributed by atoms with van der Waals surface area (Å²) in [5.74, 6) is 1.66. The number of carbonyl (C=O) groups is 1. The summed E-state index contributed by atoms with van der Waals surface area (Å²) < 4.78 is 5.33. The molecule has 0 aliphatic carbocycles. The van der Waals surface area contributed by atoms with Crippen molar-refractivity contribution in [2.24, 2.45) is 11.3 Å². The van der Waals surface area contributed by atoms with E-state index >= 15 is 0 Å². The number of rotatable bonds is 5. The Morgan fingerprint density at radius 3 is 3.04 bits per heavy atom. The molecule has 0 saturated carbocycles. The average Bonchev–Trinajstić information content (AvgIpc) is 3.30. The summed E-state index contributed by atoms with van der Waals surface area (Å²) in [7, 11) is 2.08. The number of likely N-dealkylation sites (tertiary alicyclic amines) is 1. The Morgan fingerprint density at radius 1 is 1.42 bits per heavy atom. The van der Waals surface area contributed by atoms with Crippen molar-refractivity contribution in [3.05, 3.63) is 35.7 Å². The quantitative estimate of drug-likeness (QED) is 0.828. The minimum absolute atomic E-state index is 0.134. The van der Waals surface area contributed by atoms with E-state index < -0.39 is 0 Å². The lowest BCUT2D eigenvalue weighted by Gasteiger charge is -2.26. The summed E-state index contributed by atoms with van der Waals surface area (Å²) >= 11 is 0. The van der Waals surface area contributed by atoms with E-state index in [9.17, 15) is 4.79 Å². The van der Waals surface area contributed by atoms with Crippen molar-refractivity contribution >= 4 is 5.91 Å². The number of fused-ring (bicyclic) bond motifs is 1. The molecule has 7 heteroatoms. The fourth-order valence-electron chi connectivity index (χ4n) is 4.13. The van der Waals surface area contributed by atoms with Crippen molar-refractivity contribution in [3.63, 3.8) is 0 Å². The molecule has 2 N–H and O–H groups in total. The van der Waals surface area contributed by atoms with Gasteiger partial charge in [-0.1, -0.05) is 35.0 Å². The smallest absolute Gasteiger partial charge is 0.229 e. The van der Waals surface area contributed by atoms with Crippen LogP contribution in [0.2, 0.25) is 0 Å². The first kappa shape index (κ1) is 17.2. The van der Waals surface area contributed by atoms with Crippen molar-refractivity contribution in [3.8, 4) is 11.4 Å². The van der Waals surface area contributed by atoms with E-state index in [-0.39, 0.29) is 11.3 Å². The summed E-state index contributed by atoms with van der Waals surface area (Å²) in [6.07, 6.45) is 0.536. The number of nitrogens with one attached hydrogen (secondary N) is 2. The van der Waals surface area contributed by atoms with Gasteiger partial charge in [0.05, 0.1) is 5.41 Å². The van der Waals surface area contributed by atoms with E-state index in [0.717, 1.165) is 31.7 Å². The molecule has 2 atom stereocenters. The van der Waals surface area contributed by atoms with Crippen LogP contribution in [0.15, 0.2) is 28.8 Å². The number of aromatic nitrogens is 2. The highest BCUT2D eigenvalue weighted by molar-refractivity contribution is 5.84. The van der Waals surface area contributed by atoms with Crippen LogP contribution in [0.3, 0.4) is 0 Å². The lowest BCUT2D eigenvalue weighted by atomic mass is 9.80. The molecule has 0 bridgehead atoms. The first-order valence-corrected chi connectivity index (χ1v) is 9.14. The Labute approximate surface area is 153 Å². The van der Waals surface area contributed by atoms with Crippen LogP contribution in [0.4, 0.5) is 0 Å². The predicted molar refractivity (Wildman–Crippen MR) is 97.5 cm³/mol. The Balaban J connectivity index is 1.34. The van der Waals surface area contributed by atoms with E-state index in [1.165, 1.54) is 5.56 Å². The molecule has 0 radical (unpaired) electrons. The number of hydrogen-bond donors (Lipinski definition) is 2. The maximum Gasteiger partial charge on any atom is 0.229 e. The Kier molecular flexibility index (Phi) is 4.50. The second-order valence-electron chi connectivity index (χ2n) is 7.56. The largest absolute Gasteiger partial charge is 0.355 e. The maximum atomic E-state index is 12.8. The molecule has 0 unspecified atom stereocenters. The molecule has 2 aliphatic rings. The highest BCUT2D eigenvalue weighted by Gasteiger charge is 2.53. The number of aryl methyl sites for hydroxylation is 1. The number of nitrogens with zero attached hydrogens (tertiary/aromatic N) is 3. The predicted octanol–water partition coefficient (Wildman–Crippen LogP) is 0.855. The summed E-state index contributed by atoms with van der Waals surface area (Å²) in [5, 5.41) is 10.5. The minimum Gasteiger partial charge on any atom is -0.355 e. The van der Waals surface area contributed by atoms with Crippen molar-refractivity contribution in [1.82, 2.24) is 25.7 Å². The fraction of sp³-hybridized carbons (Fsp3) is 0.526. The van der Waals surface area contributed by atoms with Crippen LogP contribution in [0.25, 0.3) is 11.4 Å². The molecule has 1 aromatic heterocycles. The third-order valence-electron chi connectivity index (χ3n) is 5.55. The van der Waals surface area contributed by atoms with Gasteiger partial charge in [0.15, 0.2) is 0 Å². The van der Waals surface area contributed by atoms with Crippen LogP contribution in [0.1, 0.15) is 11.5 Å². The average molecular weight is 355 g/mol. The number of amides is 1. The maximum absolute atomic E-state index is 12.8. The zero-order valence-corrected chi connectivity index (χ0v) is 15.3. The third-order valence-corrected chi connectivity index (χ3v) is 5.55. The van der Waals surface area contributed by atoms with Gasteiger partial charge in [0.1, 0.15) is 0 Å². The van der Waals surface area contributed by atoms with Gasteiger partial charge >= 0.3 is 0 Å². The first-order valence-electron chi connectivity index (χ1n) is 9.14. The summed E-state index contributed by atoms with van der Waals surface area (Å²) in [6, 6.07) is 8.01. The Bertz CT molecular complexity index is 787. The van der Waals surface area contributed by atoms with Crippen molar-refractivity contribution < 1.29 is 9.32 Å². The lowest BCUT2D eigenvalue weighted by Crippen LogP contribution is -2.47. The van der Waals surface area contributed by atoms with Gasteiger partial charge in [0.2, 0.25) is 17.6 Å². The molecule has 4 rings (SSSR count). The molecular weight excluding hydrogens is 330 g/mol. The summed E-state index contributed by atoms with van der Waals surface area (Å²) in [6.45, 7) is 6.01. The molecule has 2 aliphatic heterocycles. The molecular formula is C19H25N5O2. The van der Waals surface area contributed by atoms with Crippen molar-refractivity contribution in [2.45, 2.75) is 13.3 Å². The first-order chi connectivity index (χ1) is 12.6. The molecule has 2 aromatic rings.